The van der Waals surface area contributed by atoms with Gasteiger partial charge in [0.15, 0.2) is 17.0 Å². The van der Waals surface area contributed by atoms with Crippen molar-refractivity contribution in [2.24, 2.45) is 0 Å². The zero-order chi connectivity index (χ0) is 14.5. The van der Waals surface area contributed by atoms with Gasteiger partial charge in [0, 0.05) is 0 Å². The van der Waals surface area contributed by atoms with Gasteiger partial charge in [-0.2, -0.15) is 15.0 Å². The summed E-state index contributed by atoms with van der Waals surface area (Å²) >= 11 is 0. The molecule has 0 aliphatic carbocycles. The maximum absolute atomic E-state index is 9.12. The average Bonchev–Trinajstić information content (AvgIpc) is 2.79. The Labute approximate surface area is 116 Å². The van der Waals surface area contributed by atoms with Gasteiger partial charge in [-0.3, -0.25) is 4.57 Å². The number of anilines is 1. The Hall–Kier alpha value is -2.09. The molecule has 2 heterocycles. The van der Waals surface area contributed by atoms with Gasteiger partial charge in [-0.25, -0.2) is 0 Å². The molecule has 2 rings (SSSR count). The Morgan fingerprint density at radius 3 is 2.75 bits per heavy atom. The molecule has 0 bridgehead atoms. The fraction of sp³-hybridized carbons (Fsp3) is 0.583. The van der Waals surface area contributed by atoms with Crippen LogP contribution in [0, 0.1) is 0 Å². The second kappa shape index (κ2) is 6.38. The van der Waals surface area contributed by atoms with Gasteiger partial charge in [-0.15, -0.1) is 0 Å². The molecule has 2 aromatic heterocycles. The van der Waals surface area contributed by atoms with Crippen molar-refractivity contribution < 1.29 is 14.6 Å². The van der Waals surface area contributed by atoms with Crippen LogP contribution in [-0.4, -0.2) is 44.9 Å². The monoisotopic (exact) mass is 281 g/mol. The van der Waals surface area contributed by atoms with Gasteiger partial charge in [0.25, 0.3) is 6.01 Å². The topological polar surface area (TPSA) is 108 Å². The van der Waals surface area contributed by atoms with Crippen molar-refractivity contribution in [3.8, 4) is 12.0 Å². The van der Waals surface area contributed by atoms with Crippen molar-refractivity contribution in [1.82, 2.24) is 19.5 Å². The molecule has 110 valence electrons. The van der Waals surface area contributed by atoms with Crippen molar-refractivity contribution in [2.45, 2.75) is 26.3 Å². The molecule has 0 aliphatic rings. The normalized spacial score (nSPS) is 10.9. The van der Waals surface area contributed by atoms with Gasteiger partial charge in [0.05, 0.1) is 26.9 Å². The molecule has 0 spiro atoms. The van der Waals surface area contributed by atoms with E-state index in [1.807, 2.05) is 0 Å². The number of nitrogens with zero attached hydrogens (tertiary/aromatic N) is 4. The van der Waals surface area contributed by atoms with Gasteiger partial charge in [0.2, 0.25) is 0 Å². The van der Waals surface area contributed by atoms with Gasteiger partial charge in [0.1, 0.15) is 0 Å². The fourth-order valence-electron chi connectivity index (χ4n) is 1.81. The lowest BCUT2D eigenvalue weighted by Gasteiger charge is -2.06. The van der Waals surface area contributed by atoms with E-state index in [9.17, 15) is 0 Å². The largest absolute Gasteiger partial charge is 0.468 e. The van der Waals surface area contributed by atoms with Gasteiger partial charge >= 0.3 is 6.01 Å². The van der Waals surface area contributed by atoms with Crippen LogP contribution >= 0.6 is 0 Å². The smallest absolute Gasteiger partial charge is 0.320 e. The summed E-state index contributed by atoms with van der Waals surface area (Å²) in [7, 11) is 1.50. The van der Waals surface area contributed by atoms with Crippen molar-refractivity contribution in [2.75, 3.05) is 26.1 Å². The number of rotatable bonds is 7. The van der Waals surface area contributed by atoms with Crippen molar-refractivity contribution >= 4 is 17.0 Å². The number of ether oxygens (including phenoxy) is 2. The van der Waals surface area contributed by atoms with E-state index in [1.165, 1.54) is 7.11 Å². The van der Waals surface area contributed by atoms with E-state index in [4.69, 9.17) is 20.3 Å². The molecule has 0 amide bonds. The Morgan fingerprint density at radius 1 is 1.30 bits per heavy atom. The van der Waals surface area contributed by atoms with Crippen molar-refractivity contribution in [3.63, 3.8) is 0 Å². The number of hydrogen-bond acceptors (Lipinski definition) is 7. The van der Waals surface area contributed by atoms with Crippen LogP contribution in [0.3, 0.4) is 0 Å². The molecule has 3 N–H and O–H groups in total. The first-order chi connectivity index (χ1) is 9.71. The highest BCUT2D eigenvalue weighted by atomic mass is 16.5. The zero-order valence-corrected chi connectivity index (χ0v) is 11.7. The summed E-state index contributed by atoms with van der Waals surface area (Å²) in [6, 6.07) is 0.547. The number of methoxy groups -OCH3 is 1. The highest BCUT2D eigenvalue weighted by Gasteiger charge is 2.17. The van der Waals surface area contributed by atoms with Gasteiger partial charge in [-0.05, 0) is 6.42 Å². The molecule has 0 atom stereocenters. The third kappa shape index (κ3) is 2.74. The highest BCUT2D eigenvalue weighted by molar-refractivity contribution is 5.83. The molecular formula is C12H19N5O3. The summed E-state index contributed by atoms with van der Waals surface area (Å²) in [5.74, 6) is 0.233. The van der Waals surface area contributed by atoms with Crippen molar-refractivity contribution in [1.29, 1.82) is 0 Å². The van der Waals surface area contributed by atoms with Crippen LogP contribution in [0.5, 0.6) is 12.0 Å². The minimum Gasteiger partial charge on any atom is -0.468 e. The average molecular weight is 281 g/mol. The first-order valence-corrected chi connectivity index (χ1v) is 6.52. The van der Waals surface area contributed by atoms with Crippen LogP contribution in [0.4, 0.5) is 5.82 Å². The second-order valence-electron chi connectivity index (χ2n) is 4.24. The Kier molecular flexibility index (Phi) is 4.57. The lowest BCUT2D eigenvalue weighted by Crippen LogP contribution is -2.07. The third-order valence-electron chi connectivity index (χ3n) is 2.80. The summed E-state index contributed by atoms with van der Waals surface area (Å²) in [4.78, 5) is 12.6. The minimum atomic E-state index is -0.0578. The SMILES string of the molecule is CCCCOc1nc(N)c2nc(OC)n(CCO)c2n1. The molecule has 2 aromatic rings. The predicted molar refractivity (Wildman–Crippen MR) is 73.8 cm³/mol. The number of aliphatic hydroxyl groups is 1. The molecular weight excluding hydrogens is 262 g/mol. The van der Waals surface area contributed by atoms with Crippen LogP contribution in [0.2, 0.25) is 0 Å². The van der Waals surface area contributed by atoms with Gasteiger partial charge < -0.3 is 20.3 Å². The maximum atomic E-state index is 9.12. The second-order valence-corrected chi connectivity index (χ2v) is 4.24. The third-order valence-corrected chi connectivity index (χ3v) is 2.80. The Bertz CT molecular complexity index is 584. The number of unbranched alkanes of at least 4 members (excludes halogenated alkanes) is 1. The van der Waals surface area contributed by atoms with E-state index in [1.54, 1.807) is 4.57 Å². The number of imidazole rings is 1. The molecule has 0 aliphatic heterocycles. The molecule has 0 aromatic carbocycles. The van der Waals surface area contributed by atoms with Crippen molar-refractivity contribution in [3.05, 3.63) is 0 Å². The molecule has 0 saturated carbocycles. The van der Waals surface area contributed by atoms with Crippen LogP contribution < -0.4 is 15.2 Å². The van der Waals surface area contributed by atoms with E-state index in [-0.39, 0.29) is 18.4 Å². The molecule has 8 heteroatoms. The van der Waals surface area contributed by atoms with Crippen LogP contribution in [-0.2, 0) is 6.54 Å². The van der Waals surface area contributed by atoms with Crippen LogP contribution in [0.25, 0.3) is 11.2 Å². The summed E-state index contributed by atoms with van der Waals surface area (Å²) < 4.78 is 12.3. The standard InChI is InChI=1S/C12H19N5O3/c1-3-4-7-20-11-15-9(13)8-10(16-11)17(5-6-18)12(14-8)19-2/h18H,3-7H2,1-2H3,(H2,13,15,16). The molecule has 20 heavy (non-hydrogen) atoms. The lowest BCUT2D eigenvalue weighted by atomic mass is 10.4. The Morgan fingerprint density at radius 2 is 2.10 bits per heavy atom. The van der Waals surface area contributed by atoms with Crippen LogP contribution in [0.15, 0.2) is 0 Å². The van der Waals surface area contributed by atoms with E-state index in [0.29, 0.717) is 30.3 Å². The summed E-state index contributed by atoms with van der Waals surface area (Å²) in [6.45, 7) is 2.86. The number of nitrogen functional groups attached to an aromatic ring is 1. The van der Waals surface area contributed by atoms with E-state index < -0.39 is 0 Å². The van der Waals surface area contributed by atoms with Gasteiger partial charge in [-0.1, -0.05) is 13.3 Å². The lowest BCUT2D eigenvalue weighted by molar-refractivity contribution is 0.263. The molecule has 8 nitrogen and oxygen atoms in total. The van der Waals surface area contributed by atoms with E-state index in [0.717, 1.165) is 12.8 Å². The first kappa shape index (κ1) is 14.3. The number of aromatic nitrogens is 4. The Balaban J connectivity index is 2.42. The maximum Gasteiger partial charge on any atom is 0.320 e. The quantitative estimate of drug-likeness (QED) is 0.715. The summed E-state index contributed by atoms with van der Waals surface area (Å²) in [5.41, 5.74) is 6.81. The van der Waals surface area contributed by atoms with E-state index in [2.05, 4.69) is 21.9 Å². The summed E-state index contributed by atoms with van der Waals surface area (Å²) in [5, 5.41) is 9.12. The molecule has 0 fully saturated rings. The summed E-state index contributed by atoms with van der Waals surface area (Å²) in [6.07, 6.45) is 1.94. The molecule has 0 unspecified atom stereocenters. The number of fused-ring (bicyclic) bond motifs is 1. The minimum absolute atomic E-state index is 0.0578. The number of aliphatic hydroxyl groups excluding tert-OH is 1. The highest BCUT2D eigenvalue weighted by Crippen LogP contribution is 2.25. The zero-order valence-electron chi connectivity index (χ0n) is 11.7. The predicted octanol–water partition coefficient (Wildman–Crippen LogP) is 0.588. The van der Waals surface area contributed by atoms with E-state index >= 15 is 0 Å². The fourth-order valence-corrected chi connectivity index (χ4v) is 1.81. The number of hydrogen-bond donors (Lipinski definition) is 2. The first-order valence-electron chi connectivity index (χ1n) is 6.52. The molecule has 0 saturated heterocycles. The van der Waals surface area contributed by atoms with Crippen LogP contribution in [0.1, 0.15) is 19.8 Å². The number of nitrogens with two attached hydrogens (primary N) is 1. The molecule has 0 radical (unpaired) electrons.